The summed E-state index contributed by atoms with van der Waals surface area (Å²) in [6.45, 7) is 1.74. The van der Waals surface area contributed by atoms with Gasteiger partial charge in [0.1, 0.15) is 5.82 Å². The van der Waals surface area contributed by atoms with Gasteiger partial charge in [0.15, 0.2) is 0 Å². The lowest BCUT2D eigenvalue weighted by atomic mass is 10.2. The second-order valence-corrected chi connectivity index (χ2v) is 3.07. The van der Waals surface area contributed by atoms with Crippen LogP contribution in [0.4, 0.5) is 13.2 Å². The second-order valence-electron chi connectivity index (χ2n) is 3.07. The Hall–Kier alpha value is -1.17. The Morgan fingerprint density at radius 1 is 1.36 bits per heavy atom. The summed E-state index contributed by atoms with van der Waals surface area (Å²) in [6, 6.07) is -0.160. The van der Waals surface area contributed by atoms with Gasteiger partial charge in [-0.3, -0.25) is 0 Å². The smallest absolute Gasteiger partial charge is 0.328 e. The Balaban J connectivity index is 2.79. The van der Waals surface area contributed by atoms with Crippen LogP contribution in [0.1, 0.15) is 18.3 Å². The summed E-state index contributed by atoms with van der Waals surface area (Å²) in [5, 5.41) is 0. The third kappa shape index (κ3) is 2.95. The molecule has 0 aliphatic heterocycles. The van der Waals surface area contributed by atoms with E-state index >= 15 is 0 Å². The van der Waals surface area contributed by atoms with Crippen molar-refractivity contribution in [2.75, 3.05) is 0 Å². The Morgan fingerprint density at radius 3 is 2.21 bits per heavy atom. The molecular weight excluding hydrogens is 195 g/mol. The molecule has 1 atom stereocenters. The second kappa shape index (κ2) is 3.91. The molecule has 14 heavy (non-hydrogen) atoms. The van der Waals surface area contributed by atoms with Gasteiger partial charge in [-0.15, -0.1) is 0 Å². The number of hydrogen-bond acceptors (Lipinski definition) is 3. The number of rotatable bonds is 2. The first-order chi connectivity index (χ1) is 6.39. The van der Waals surface area contributed by atoms with E-state index in [1.165, 1.54) is 0 Å². The molecule has 0 bridgehead atoms. The van der Waals surface area contributed by atoms with E-state index < -0.39 is 11.7 Å². The molecule has 0 radical (unpaired) electrons. The zero-order valence-corrected chi connectivity index (χ0v) is 7.54. The van der Waals surface area contributed by atoms with Gasteiger partial charge in [-0.2, -0.15) is 13.2 Å². The molecule has 0 aliphatic rings. The van der Waals surface area contributed by atoms with Gasteiger partial charge in [-0.25, -0.2) is 9.97 Å². The maximum atomic E-state index is 12.1. The number of alkyl halides is 3. The van der Waals surface area contributed by atoms with E-state index in [0.717, 1.165) is 12.4 Å². The van der Waals surface area contributed by atoms with Gasteiger partial charge in [0.2, 0.25) is 0 Å². The molecule has 78 valence electrons. The largest absolute Gasteiger partial charge is 0.419 e. The zero-order chi connectivity index (χ0) is 10.8. The molecule has 6 heteroatoms. The lowest BCUT2D eigenvalue weighted by molar-refractivity contribution is -0.138. The molecular formula is C8H10F3N3. The lowest BCUT2D eigenvalue weighted by Gasteiger charge is -2.07. The molecule has 1 aromatic rings. The summed E-state index contributed by atoms with van der Waals surface area (Å²) < 4.78 is 36.2. The summed E-state index contributed by atoms with van der Waals surface area (Å²) in [6.07, 6.45) is -2.47. The van der Waals surface area contributed by atoms with Crippen LogP contribution >= 0.6 is 0 Å². The minimum atomic E-state index is -4.38. The summed E-state index contributed by atoms with van der Waals surface area (Å²) in [7, 11) is 0. The molecule has 2 N–H and O–H groups in total. The van der Waals surface area contributed by atoms with Crippen LogP contribution in [0.2, 0.25) is 0 Å². The van der Waals surface area contributed by atoms with Crippen LogP contribution in [-0.4, -0.2) is 16.0 Å². The first-order valence-electron chi connectivity index (χ1n) is 4.03. The van der Waals surface area contributed by atoms with Crippen LogP contribution in [0.3, 0.4) is 0 Å². The van der Waals surface area contributed by atoms with E-state index in [1.807, 2.05) is 0 Å². The van der Waals surface area contributed by atoms with Gasteiger partial charge < -0.3 is 5.73 Å². The third-order valence-corrected chi connectivity index (χ3v) is 1.54. The predicted molar refractivity (Wildman–Crippen MR) is 44.4 cm³/mol. The summed E-state index contributed by atoms with van der Waals surface area (Å²) >= 11 is 0. The highest BCUT2D eigenvalue weighted by atomic mass is 19.4. The van der Waals surface area contributed by atoms with Crippen LogP contribution in [-0.2, 0) is 12.6 Å². The summed E-state index contributed by atoms with van der Waals surface area (Å²) in [4.78, 5) is 7.15. The molecule has 0 fully saturated rings. The zero-order valence-electron chi connectivity index (χ0n) is 7.54. The molecule has 0 amide bonds. The van der Waals surface area contributed by atoms with Gasteiger partial charge in [0.25, 0.3) is 0 Å². The molecule has 0 spiro atoms. The Bertz CT molecular complexity index is 292. The molecule has 1 heterocycles. The van der Waals surface area contributed by atoms with E-state index in [-0.39, 0.29) is 6.04 Å². The van der Waals surface area contributed by atoms with Crippen LogP contribution in [0.25, 0.3) is 0 Å². The number of aromatic nitrogens is 2. The summed E-state index contributed by atoms with van der Waals surface area (Å²) in [5.74, 6) is 0.327. The predicted octanol–water partition coefficient (Wildman–Crippen LogP) is 1.39. The molecule has 1 rings (SSSR count). The highest BCUT2D eigenvalue weighted by molar-refractivity contribution is 5.09. The minimum absolute atomic E-state index is 0.160. The van der Waals surface area contributed by atoms with E-state index in [0.29, 0.717) is 12.2 Å². The molecule has 1 aromatic heterocycles. The van der Waals surface area contributed by atoms with E-state index in [2.05, 4.69) is 9.97 Å². The lowest BCUT2D eigenvalue weighted by Crippen LogP contribution is -2.19. The van der Waals surface area contributed by atoms with E-state index in [4.69, 9.17) is 5.73 Å². The normalized spacial score (nSPS) is 14.1. The molecule has 0 saturated heterocycles. The van der Waals surface area contributed by atoms with Crippen molar-refractivity contribution in [2.24, 2.45) is 5.73 Å². The van der Waals surface area contributed by atoms with Crippen molar-refractivity contribution in [1.29, 1.82) is 0 Å². The van der Waals surface area contributed by atoms with Crippen molar-refractivity contribution in [3.63, 3.8) is 0 Å². The molecule has 0 aliphatic carbocycles. The number of nitrogens with zero attached hydrogens (tertiary/aromatic N) is 2. The average Bonchev–Trinajstić information content (AvgIpc) is 2.02. The number of hydrogen-bond donors (Lipinski definition) is 1. The van der Waals surface area contributed by atoms with Crippen LogP contribution < -0.4 is 5.73 Å². The maximum absolute atomic E-state index is 12.1. The molecule has 1 unspecified atom stereocenters. The van der Waals surface area contributed by atoms with Crippen molar-refractivity contribution in [3.8, 4) is 0 Å². The highest BCUT2D eigenvalue weighted by Crippen LogP contribution is 2.27. The topological polar surface area (TPSA) is 51.8 Å². The third-order valence-electron chi connectivity index (χ3n) is 1.54. The van der Waals surface area contributed by atoms with Gasteiger partial charge in [-0.1, -0.05) is 0 Å². The van der Waals surface area contributed by atoms with Crippen LogP contribution in [0.5, 0.6) is 0 Å². The van der Waals surface area contributed by atoms with Gasteiger partial charge in [-0.05, 0) is 6.92 Å². The van der Waals surface area contributed by atoms with E-state index in [1.54, 1.807) is 6.92 Å². The molecule has 3 nitrogen and oxygen atoms in total. The molecule has 0 aromatic carbocycles. The summed E-state index contributed by atoms with van der Waals surface area (Å²) in [5.41, 5.74) is 4.60. The van der Waals surface area contributed by atoms with Crippen molar-refractivity contribution in [1.82, 2.24) is 9.97 Å². The molecule has 0 saturated carbocycles. The van der Waals surface area contributed by atoms with Crippen LogP contribution in [0, 0.1) is 0 Å². The fourth-order valence-corrected chi connectivity index (χ4v) is 0.895. The highest BCUT2D eigenvalue weighted by Gasteiger charge is 2.31. The SMILES string of the molecule is CC(N)Cc1ncc(C(F)(F)F)cn1. The van der Waals surface area contributed by atoms with E-state index in [9.17, 15) is 13.2 Å². The monoisotopic (exact) mass is 205 g/mol. The first-order valence-corrected chi connectivity index (χ1v) is 4.03. The quantitative estimate of drug-likeness (QED) is 0.793. The average molecular weight is 205 g/mol. The van der Waals surface area contributed by atoms with Crippen LogP contribution in [0.15, 0.2) is 12.4 Å². The maximum Gasteiger partial charge on any atom is 0.419 e. The minimum Gasteiger partial charge on any atom is -0.328 e. The fraction of sp³-hybridized carbons (Fsp3) is 0.500. The van der Waals surface area contributed by atoms with Gasteiger partial charge >= 0.3 is 6.18 Å². The van der Waals surface area contributed by atoms with Crippen molar-refractivity contribution in [3.05, 3.63) is 23.8 Å². The standard InChI is InChI=1S/C8H10F3N3/c1-5(12)2-7-13-3-6(4-14-7)8(9,10)11/h3-5H,2,12H2,1H3. The van der Waals surface area contributed by atoms with Gasteiger partial charge in [0.05, 0.1) is 5.56 Å². The number of halogens is 3. The Labute approximate surface area is 79.2 Å². The fourth-order valence-electron chi connectivity index (χ4n) is 0.895. The number of nitrogens with two attached hydrogens (primary N) is 1. The first kappa shape index (κ1) is 10.9. The van der Waals surface area contributed by atoms with Crippen molar-refractivity contribution in [2.45, 2.75) is 25.6 Å². The van der Waals surface area contributed by atoms with Gasteiger partial charge in [0, 0.05) is 24.9 Å². The van der Waals surface area contributed by atoms with Crippen molar-refractivity contribution >= 4 is 0 Å². The Morgan fingerprint density at radius 2 is 1.86 bits per heavy atom. The van der Waals surface area contributed by atoms with Crippen molar-refractivity contribution < 1.29 is 13.2 Å². The Kier molecular flexibility index (Phi) is 3.05.